The number of oxazole rings is 1. The van der Waals surface area contributed by atoms with Gasteiger partial charge >= 0.3 is 0 Å². The largest absolute Gasteiger partial charge is 0.456 e. The van der Waals surface area contributed by atoms with E-state index in [9.17, 15) is 0 Å². The van der Waals surface area contributed by atoms with Crippen molar-refractivity contribution in [3.8, 4) is 51.3 Å². The summed E-state index contributed by atoms with van der Waals surface area (Å²) in [4.78, 5) is 20.2. The molecule has 0 aliphatic carbocycles. The van der Waals surface area contributed by atoms with E-state index in [1.807, 2.05) is 78.9 Å². The lowest BCUT2D eigenvalue weighted by atomic mass is 10.0. The Morgan fingerprint density at radius 1 is 0.386 bits per heavy atom. The van der Waals surface area contributed by atoms with E-state index < -0.39 is 0 Å². The summed E-state index contributed by atoms with van der Waals surface area (Å²) in [5.41, 5.74) is 9.87. The fourth-order valence-electron chi connectivity index (χ4n) is 8.24. The van der Waals surface area contributed by atoms with Crippen molar-refractivity contribution >= 4 is 65.6 Å². The summed E-state index contributed by atoms with van der Waals surface area (Å²) in [5, 5.41) is 6.34. The molecule has 8 aromatic carbocycles. The Morgan fingerprint density at radius 2 is 0.965 bits per heavy atom. The third-order valence-electron chi connectivity index (χ3n) is 10.9. The molecular formula is C50H29N5O2. The highest BCUT2D eigenvalue weighted by Crippen LogP contribution is 2.41. The molecule has 0 N–H and O–H groups in total. The topological polar surface area (TPSA) is 82.8 Å². The van der Waals surface area contributed by atoms with E-state index in [2.05, 4.69) is 102 Å². The summed E-state index contributed by atoms with van der Waals surface area (Å²) in [5.74, 6) is 2.33. The molecule has 0 spiro atoms. The zero-order valence-corrected chi connectivity index (χ0v) is 30.3. The molecule has 12 aromatic rings. The summed E-state index contributed by atoms with van der Waals surface area (Å²) >= 11 is 0. The van der Waals surface area contributed by atoms with Crippen LogP contribution in [0.5, 0.6) is 0 Å². The van der Waals surface area contributed by atoms with Gasteiger partial charge in [0, 0.05) is 44.1 Å². The van der Waals surface area contributed by atoms with E-state index >= 15 is 0 Å². The molecule has 0 aliphatic rings. The molecule has 7 nitrogen and oxygen atoms in total. The van der Waals surface area contributed by atoms with Crippen molar-refractivity contribution < 1.29 is 8.83 Å². The molecule has 0 fully saturated rings. The van der Waals surface area contributed by atoms with Crippen molar-refractivity contribution in [1.82, 2.24) is 24.5 Å². The maximum absolute atomic E-state index is 6.50. The maximum Gasteiger partial charge on any atom is 0.227 e. The quantitative estimate of drug-likeness (QED) is 0.175. The number of benzene rings is 8. The summed E-state index contributed by atoms with van der Waals surface area (Å²) in [7, 11) is 0. The Bertz CT molecular complexity index is 3480. The number of rotatable bonds is 5. The van der Waals surface area contributed by atoms with Crippen LogP contribution in [0, 0.1) is 0 Å². The highest BCUT2D eigenvalue weighted by Gasteiger charge is 2.20. The first kappa shape index (κ1) is 31.5. The zero-order valence-electron chi connectivity index (χ0n) is 30.3. The van der Waals surface area contributed by atoms with Gasteiger partial charge < -0.3 is 13.4 Å². The fourth-order valence-corrected chi connectivity index (χ4v) is 8.24. The van der Waals surface area contributed by atoms with Gasteiger partial charge in [-0.3, -0.25) is 0 Å². The molecule has 57 heavy (non-hydrogen) atoms. The van der Waals surface area contributed by atoms with Crippen molar-refractivity contribution in [2.45, 2.75) is 0 Å². The van der Waals surface area contributed by atoms with Crippen molar-refractivity contribution in [3.05, 3.63) is 176 Å². The van der Waals surface area contributed by atoms with Crippen LogP contribution in [0.3, 0.4) is 0 Å². The molecule has 0 unspecified atom stereocenters. The summed E-state index contributed by atoms with van der Waals surface area (Å²) in [6.45, 7) is 0. The van der Waals surface area contributed by atoms with E-state index in [-0.39, 0.29) is 0 Å². The van der Waals surface area contributed by atoms with Crippen molar-refractivity contribution in [3.63, 3.8) is 0 Å². The van der Waals surface area contributed by atoms with Crippen LogP contribution in [-0.4, -0.2) is 24.5 Å². The van der Waals surface area contributed by atoms with Gasteiger partial charge in [0.05, 0.1) is 16.4 Å². The lowest BCUT2D eigenvalue weighted by Gasteiger charge is -2.12. The van der Waals surface area contributed by atoms with Gasteiger partial charge in [0.1, 0.15) is 16.7 Å². The van der Waals surface area contributed by atoms with Gasteiger partial charge in [0.25, 0.3) is 0 Å². The van der Waals surface area contributed by atoms with Crippen LogP contribution in [0.2, 0.25) is 0 Å². The van der Waals surface area contributed by atoms with Crippen LogP contribution in [0.25, 0.3) is 117 Å². The minimum atomic E-state index is 0.571. The lowest BCUT2D eigenvalue weighted by Crippen LogP contribution is -2.01. The van der Waals surface area contributed by atoms with E-state index in [0.717, 1.165) is 77.2 Å². The molecular weight excluding hydrogens is 703 g/mol. The van der Waals surface area contributed by atoms with E-state index in [1.54, 1.807) is 0 Å². The van der Waals surface area contributed by atoms with Crippen molar-refractivity contribution in [2.24, 2.45) is 0 Å². The van der Waals surface area contributed by atoms with Crippen molar-refractivity contribution in [2.75, 3.05) is 0 Å². The fraction of sp³-hybridized carbons (Fsp3) is 0. The Kier molecular flexibility index (Phi) is 6.79. The van der Waals surface area contributed by atoms with Gasteiger partial charge in [-0.25, -0.2) is 19.9 Å². The maximum atomic E-state index is 6.50. The summed E-state index contributed by atoms with van der Waals surface area (Å²) in [6.07, 6.45) is 0. The molecule has 0 saturated carbocycles. The number of hydrogen-bond donors (Lipinski definition) is 0. The normalized spacial score (nSPS) is 11.9. The zero-order chi connectivity index (χ0) is 37.5. The Hall–Kier alpha value is -7.90. The molecule has 4 aromatic heterocycles. The Morgan fingerprint density at radius 3 is 1.70 bits per heavy atom. The van der Waals surface area contributed by atoms with Crippen molar-refractivity contribution in [1.29, 1.82) is 0 Å². The first-order valence-corrected chi connectivity index (χ1v) is 18.9. The van der Waals surface area contributed by atoms with Gasteiger partial charge in [-0.15, -0.1) is 0 Å². The Labute approximate surface area is 325 Å². The third-order valence-corrected chi connectivity index (χ3v) is 10.9. The van der Waals surface area contributed by atoms with Gasteiger partial charge in [0.2, 0.25) is 5.89 Å². The highest BCUT2D eigenvalue weighted by molar-refractivity contribution is 6.25. The number of furan rings is 1. The molecule has 0 saturated heterocycles. The predicted octanol–water partition coefficient (Wildman–Crippen LogP) is 12.8. The number of aromatic nitrogens is 5. The smallest absolute Gasteiger partial charge is 0.227 e. The predicted molar refractivity (Wildman–Crippen MR) is 228 cm³/mol. The molecule has 0 amide bonds. The number of fused-ring (bicyclic) bond motifs is 10. The molecule has 4 heterocycles. The second-order valence-corrected chi connectivity index (χ2v) is 14.2. The van der Waals surface area contributed by atoms with Gasteiger partial charge in [0.15, 0.2) is 23.1 Å². The monoisotopic (exact) mass is 731 g/mol. The molecule has 0 bridgehead atoms. The van der Waals surface area contributed by atoms with E-state index in [4.69, 9.17) is 28.8 Å². The van der Waals surface area contributed by atoms with Crippen LogP contribution in [0.1, 0.15) is 0 Å². The number of nitrogens with zero attached hydrogens (tertiary/aromatic N) is 5. The minimum Gasteiger partial charge on any atom is -0.456 e. The molecule has 266 valence electrons. The molecule has 0 atom stereocenters. The first-order valence-electron chi connectivity index (χ1n) is 18.9. The number of para-hydroxylation sites is 2. The molecule has 0 aliphatic heterocycles. The lowest BCUT2D eigenvalue weighted by molar-refractivity contribution is 0.622. The second kappa shape index (κ2) is 12.3. The van der Waals surface area contributed by atoms with Crippen LogP contribution in [0.4, 0.5) is 0 Å². The van der Waals surface area contributed by atoms with E-state index in [0.29, 0.717) is 28.9 Å². The second-order valence-electron chi connectivity index (χ2n) is 14.2. The molecule has 0 radical (unpaired) electrons. The SMILES string of the molecule is c1ccc(-c2nc(-c3cccc(-n4c5ccccc5c5ccccc54)c3)nc(-c3ccc4ccc5oc6ccc7nc(-c8ccccc8)oc7c6c5c4c3)n2)cc1. The highest BCUT2D eigenvalue weighted by atomic mass is 16.4. The van der Waals surface area contributed by atoms with Gasteiger partial charge in [-0.2, -0.15) is 0 Å². The van der Waals surface area contributed by atoms with Crippen LogP contribution >= 0.6 is 0 Å². The third kappa shape index (κ3) is 4.99. The Balaban J connectivity index is 1.06. The van der Waals surface area contributed by atoms with Crippen LogP contribution < -0.4 is 0 Å². The summed E-state index contributed by atoms with van der Waals surface area (Å²) < 4.78 is 15.3. The van der Waals surface area contributed by atoms with Crippen LogP contribution in [0.15, 0.2) is 185 Å². The first-order chi connectivity index (χ1) is 28.2. The van der Waals surface area contributed by atoms with Gasteiger partial charge in [-0.05, 0) is 71.4 Å². The standard InChI is InChI=1S/C50H29N5O2/c1-3-12-31(13-4-1)47-52-48(33-16-11-17-35(28-33)55-40-20-9-7-18-36(40)37-19-8-10-21-41(37)55)54-49(53-47)34-23-22-30-24-26-42-44(38(30)29-34)45-43(56-42)27-25-39-46(45)57-50(51-39)32-14-5-2-6-15-32/h1-29H. The average Bonchev–Trinajstić information content (AvgIpc) is 3.99. The molecule has 12 rings (SSSR count). The van der Waals surface area contributed by atoms with E-state index in [1.165, 1.54) is 10.8 Å². The summed E-state index contributed by atoms with van der Waals surface area (Å²) in [6, 6.07) is 60.0. The van der Waals surface area contributed by atoms with Gasteiger partial charge in [-0.1, -0.05) is 115 Å². The van der Waals surface area contributed by atoms with Crippen LogP contribution in [-0.2, 0) is 0 Å². The number of hydrogen-bond acceptors (Lipinski definition) is 6. The average molecular weight is 732 g/mol. The molecule has 7 heteroatoms. The minimum absolute atomic E-state index is 0.571.